The monoisotopic (exact) mass is 322 g/mol. The summed E-state index contributed by atoms with van der Waals surface area (Å²) in [6.07, 6.45) is 4.13. The van der Waals surface area contributed by atoms with Crippen molar-refractivity contribution in [1.82, 2.24) is 15.1 Å². The van der Waals surface area contributed by atoms with E-state index in [1.807, 2.05) is 6.92 Å². The lowest BCUT2D eigenvalue weighted by Crippen LogP contribution is -2.31. The van der Waals surface area contributed by atoms with Crippen molar-refractivity contribution in [2.75, 3.05) is 0 Å². The zero-order valence-corrected chi connectivity index (χ0v) is 12.5. The minimum atomic E-state index is -0.403. The Morgan fingerprint density at radius 1 is 1.63 bits per heavy atom. The fraction of sp³-hybridized carbons (Fsp3) is 0.462. The number of nitrogens with zero attached hydrogens (tertiary/aromatic N) is 3. The number of nitrogens with one attached hydrogen (secondary N) is 1. The Morgan fingerprint density at radius 2 is 2.37 bits per heavy atom. The van der Waals surface area contributed by atoms with E-state index in [-0.39, 0.29) is 5.91 Å². The number of allylic oxidation sites excluding steroid dienone is 2. The summed E-state index contributed by atoms with van der Waals surface area (Å²) in [6, 6.07) is 1.75. The van der Waals surface area contributed by atoms with Gasteiger partial charge in [0, 0.05) is 11.3 Å². The van der Waals surface area contributed by atoms with Crippen LogP contribution in [0.15, 0.2) is 21.9 Å². The maximum Gasteiger partial charge on any atom is 0.248 e. The highest BCUT2D eigenvalue weighted by molar-refractivity contribution is 9.10. The Balaban J connectivity index is 2.13. The van der Waals surface area contributed by atoms with Crippen LogP contribution in [0.3, 0.4) is 0 Å². The third kappa shape index (κ3) is 2.71. The zero-order valence-electron chi connectivity index (χ0n) is 10.9. The number of amides is 1. The highest BCUT2D eigenvalue weighted by atomic mass is 79.9. The predicted molar refractivity (Wildman–Crippen MR) is 74.0 cm³/mol. The number of halogens is 1. The van der Waals surface area contributed by atoms with Crippen molar-refractivity contribution in [3.05, 3.63) is 27.6 Å². The molecule has 0 radical (unpaired) electrons. The van der Waals surface area contributed by atoms with Gasteiger partial charge >= 0.3 is 0 Å². The molecule has 1 N–H and O–H groups in total. The van der Waals surface area contributed by atoms with Crippen LogP contribution in [0.25, 0.3) is 0 Å². The lowest BCUT2D eigenvalue weighted by atomic mass is 10.2. The lowest BCUT2D eigenvalue weighted by Gasteiger charge is -2.15. The van der Waals surface area contributed by atoms with Gasteiger partial charge in [-0.1, -0.05) is 0 Å². The molecule has 19 heavy (non-hydrogen) atoms. The minimum absolute atomic E-state index is 0.136. The first-order valence-electron chi connectivity index (χ1n) is 6.17. The summed E-state index contributed by atoms with van der Waals surface area (Å²) in [5.41, 5.74) is 2.37. The molecule has 6 heteroatoms. The molecule has 1 atom stereocenters. The number of carbonyl (C=O) groups is 1. The van der Waals surface area contributed by atoms with E-state index in [0.717, 1.165) is 35.1 Å². The average Bonchev–Trinajstić information content (AvgIpc) is 2.97. The Bertz CT molecular complexity index is 582. The highest BCUT2D eigenvalue weighted by Crippen LogP contribution is 2.24. The lowest BCUT2D eigenvalue weighted by molar-refractivity contribution is -0.123. The zero-order chi connectivity index (χ0) is 14.0. The summed E-state index contributed by atoms with van der Waals surface area (Å²) in [5.74, 6) is -0.136. The Hall–Kier alpha value is -1.61. The maximum atomic E-state index is 12.2. The van der Waals surface area contributed by atoms with Crippen LogP contribution in [0.4, 0.5) is 0 Å². The number of hydrogen-bond donors (Lipinski definition) is 1. The van der Waals surface area contributed by atoms with Crippen molar-refractivity contribution < 1.29 is 4.79 Å². The summed E-state index contributed by atoms with van der Waals surface area (Å²) in [7, 11) is 0. The van der Waals surface area contributed by atoms with Gasteiger partial charge in [-0.05, 0) is 49.0 Å². The fourth-order valence-electron chi connectivity index (χ4n) is 2.16. The number of nitriles is 1. The van der Waals surface area contributed by atoms with Crippen LogP contribution < -0.4 is 5.32 Å². The molecule has 0 saturated carbocycles. The summed E-state index contributed by atoms with van der Waals surface area (Å²) >= 11 is 3.37. The van der Waals surface area contributed by atoms with Gasteiger partial charge in [0.15, 0.2) is 0 Å². The van der Waals surface area contributed by atoms with Crippen LogP contribution in [0.5, 0.6) is 0 Å². The van der Waals surface area contributed by atoms with E-state index in [4.69, 9.17) is 5.26 Å². The Kier molecular flexibility index (Phi) is 4.05. The van der Waals surface area contributed by atoms with Gasteiger partial charge in [-0.2, -0.15) is 10.4 Å². The quantitative estimate of drug-likeness (QED) is 0.929. The average molecular weight is 323 g/mol. The van der Waals surface area contributed by atoms with Crippen LogP contribution >= 0.6 is 15.9 Å². The van der Waals surface area contributed by atoms with Crippen molar-refractivity contribution in [3.8, 4) is 6.07 Å². The third-order valence-electron chi connectivity index (χ3n) is 3.36. The van der Waals surface area contributed by atoms with Crippen LogP contribution in [0.2, 0.25) is 0 Å². The second-order valence-electron chi connectivity index (χ2n) is 4.61. The molecule has 1 amide bonds. The normalized spacial score (nSPS) is 16.3. The summed E-state index contributed by atoms with van der Waals surface area (Å²) in [6.45, 7) is 3.69. The summed E-state index contributed by atoms with van der Waals surface area (Å²) in [4.78, 5) is 12.2. The van der Waals surface area contributed by atoms with E-state index in [9.17, 15) is 4.79 Å². The molecule has 1 aromatic rings. The predicted octanol–water partition coefficient (Wildman–Crippen LogP) is 2.59. The number of hydrogen-bond acceptors (Lipinski definition) is 3. The van der Waals surface area contributed by atoms with E-state index in [1.54, 1.807) is 17.8 Å². The van der Waals surface area contributed by atoms with Crippen LogP contribution in [0, 0.1) is 18.3 Å². The molecule has 0 aliphatic heterocycles. The van der Waals surface area contributed by atoms with Gasteiger partial charge in [0.2, 0.25) is 5.91 Å². The number of rotatable bonds is 3. The first kappa shape index (κ1) is 13.8. The molecule has 2 rings (SSSR count). The first-order chi connectivity index (χ1) is 9.04. The van der Waals surface area contributed by atoms with Crippen molar-refractivity contribution >= 4 is 21.8 Å². The SMILES string of the molecule is Cc1c(Br)cnn1[C@H](C)C(=O)NC1=C(C#N)CCC1. The van der Waals surface area contributed by atoms with Crippen molar-refractivity contribution in [2.45, 2.75) is 39.2 Å². The molecule has 100 valence electrons. The molecule has 1 aromatic heterocycles. The Labute approximate surface area is 120 Å². The number of aromatic nitrogens is 2. The fourth-order valence-corrected chi connectivity index (χ4v) is 2.44. The van der Waals surface area contributed by atoms with Gasteiger partial charge in [-0.25, -0.2) is 0 Å². The molecule has 5 nitrogen and oxygen atoms in total. The second kappa shape index (κ2) is 5.57. The number of carbonyl (C=O) groups excluding carboxylic acids is 1. The van der Waals surface area contributed by atoms with Crippen molar-refractivity contribution in [1.29, 1.82) is 5.26 Å². The maximum absolute atomic E-state index is 12.2. The molecular weight excluding hydrogens is 308 g/mol. The highest BCUT2D eigenvalue weighted by Gasteiger charge is 2.22. The standard InChI is InChI=1S/C13H15BrN4O/c1-8-11(14)7-16-18(8)9(2)13(19)17-12-5-3-4-10(12)6-15/h7,9H,3-5H2,1-2H3,(H,17,19)/t9-/m1/s1. The van der Waals surface area contributed by atoms with Gasteiger partial charge in [0.25, 0.3) is 0 Å². The van der Waals surface area contributed by atoms with Crippen LogP contribution in [0.1, 0.15) is 37.9 Å². The molecule has 0 aromatic carbocycles. The molecular formula is C13H15BrN4O. The smallest absolute Gasteiger partial charge is 0.248 e. The molecule has 1 aliphatic rings. The van der Waals surface area contributed by atoms with Gasteiger partial charge < -0.3 is 5.32 Å². The second-order valence-corrected chi connectivity index (χ2v) is 5.46. The molecule has 0 fully saturated rings. The van der Waals surface area contributed by atoms with Gasteiger partial charge in [-0.15, -0.1) is 0 Å². The summed E-state index contributed by atoms with van der Waals surface area (Å²) < 4.78 is 2.55. The van der Waals surface area contributed by atoms with E-state index >= 15 is 0 Å². The van der Waals surface area contributed by atoms with E-state index in [1.165, 1.54) is 0 Å². The molecule has 0 saturated heterocycles. The van der Waals surface area contributed by atoms with Gasteiger partial charge in [-0.3, -0.25) is 9.48 Å². The van der Waals surface area contributed by atoms with E-state index < -0.39 is 6.04 Å². The summed E-state index contributed by atoms with van der Waals surface area (Å²) in [5, 5.41) is 16.0. The first-order valence-corrected chi connectivity index (χ1v) is 6.96. The molecule has 1 heterocycles. The van der Waals surface area contributed by atoms with Gasteiger partial charge in [0.05, 0.1) is 22.4 Å². The van der Waals surface area contributed by atoms with Crippen molar-refractivity contribution in [3.63, 3.8) is 0 Å². The molecule has 1 aliphatic carbocycles. The third-order valence-corrected chi connectivity index (χ3v) is 4.14. The molecule has 0 unspecified atom stereocenters. The Morgan fingerprint density at radius 3 is 2.95 bits per heavy atom. The van der Waals surface area contributed by atoms with Crippen LogP contribution in [-0.2, 0) is 4.79 Å². The van der Waals surface area contributed by atoms with E-state index in [0.29, 0.717) is 5.57 Å². The van der Waals surface area contributed by atoms with Crippen molar-refractivity contribution in [2.24, 2.45) is 0 Å². The minimum Gasteiger partial charge on any atom is -0.327 e. The van der Waals surface area contributed by atoms with Crippen LogP contribution in [-0.4, -0.2) is 15.7 Å². The van der Waals surface area contributed by atoms with Gasteiger partial charge in [0.1, 0.15) is 6.04 Å². The topological polar surface area (TPSA) is 70.7 Å². The molecule has 0 bridgehead atoms. The largest absolute Gasteiger partial charge is 0.327 e. The molecule has 0 spiro atoms. The van der Waals surface area contributed by atoms with E-state index in [2.05, 4.69) is 32.4 Å².